The molecular formula is C83H162O17P2. The van der Waals surface area contributed by atoms with E-state index in [4.69, 9.17) is 37.0 Å². The maximum Gasteiger partial charge on any atom is 0.472 e. The van der Waals surface area contributed by atoms with E-state index < -0.39 is 97.5 Å². The van der Waals surface area contributed by atoms with Gasteiger partial charge in [-0.25, -0.2) is 9.13 Å². The molecule has 0 aliphatic heterocycles. The zero-order valence-corrected chi connectivity index (χ0v) is 68.7. The largest absolute Gasteiger partial charge is 0.472 e. The Balaban J connectivity index is 5.25. The first-order valence-corrected chi connectivity index (χ1v) is 46.0. The van der Waals surface area contributed by atoms with Crippen molar-refractivity contribution in [3.8, 4) is 0 Å². The number of phosphoric ester groups is 2. The molecule has 0 saturated heterocycles. The summed E-state index contributed by atoms with van der Waals surface area (Å²) in [6.07, 6.45) is 65.2. The number of aliphatic hydroxyl groups is 1. The molecule has 0 aliphatic carbocycles. The van der Waals surface area contributed by atoms with Crippen molar-refractivity contribution in [1.29, 1.82) is 0 Å². The van der Waals surface area contributed by atoms with Crippen LogP contribution in [0.2, 0.25) is 0 Å². The predicted molar refractivity (Wildman–Crippen MR) is 418 cm³/mol. The monoisotopic (exact) mass is 1490 g/mol. The first kappa shape index (κ1) is 100. The second-order valence-corrected chi connectivity index (χ2v) is 33.7. The molecule has 0 radical (unpaired) electrons. The highest BCUT2D eigenvalue weighted by Crippen LogP contribution is 2.45. The van der Waals surface area contributed by atoms with Gasteiger partial charge in [-0.05, 0) is 37.5 Å². The lowest BCUT2D eigenvalue weighted by atomic mass is 10.0. The van der Waals surface area contributed by atoms with Gasteiger partial charge >= 0.3 is 39.5 Å². The minimum absolute atomic E-state index is 0.106. The van der Waals surface area contributed by atoms with Crippen LogP contribution in [0.15, 0.2) is 0 Å². The quantitative estimate of drug-likeness (QED) is 0.0222. The van der Waals surface area contributed by atoms with Gasteiger partial charge in [0.25, 0.3) is 0 Å². The molecular weight excluding hydrogens is 1330 g/mol. The highest BCUT2D eigenvalue weighted by Gasteiger charge is 2.30. The van der Waals surface area contributed by atoms with Crippen molar-refractivity contribution in [2.45, 2.75) is 458 Å². The van der Waals surface area contributed by atoms with Crippen molar-refractivity contribution >= 4 is 39.5 Å². The van der Waals surface area contributed by atoms with Gasteiger partial charge in [0.05, 0.1) is 26.4 Å². The third-order valence-electron chi connectivity index (χ3n) is 19.5. The van der Waals surface area contributed by atoms with Crippen molar-refractivity contribution in [1.82, 2.24) is 0 Å². The lowest BCUT2D eigenvalue weighted by Gasteiger charge is -2.21. The maximum absolute atomic E-state index is 13.1. The van der Waals surface area contributed by atoms with E-state index in [9.17, 15) is 43.2 Å². The molecule has 0 aromatic heterocycles. The average molecular weight is 1490 g/mol. The van der Waals surface area contributed by atoms with E-state index in [-0.39, 0.29) is 25.7 Å². The zero-order valence-electron chi connectivity index (χ0n) is 66.9. The molecule has 19 heteroatoms. The number of carbonyl (C=O) groups is 4. The van der Waals surface area contributed by atoms with Gasteiger partial charge in [-0.3, -0.25) is 37.3 Å². The second-order valence-electron chi connectivity index (χ2n) is 30.8. The summed E-state index contributed by atoms with van der Waals surface area (Å²) in [5.41, 5.74) is 0. The molecule has 0 heterocycles. The maximum atomic E-state index is 13.1. The van der Waals surface area contributed by atoms with Gasteiger partial charge in [0.1, 0.15) is 19.3 Å². The SMILES string of the molecule is CCCCCCCCCCCCCCCCCCCCCCC(=O)O[C@H](COC(=O)CCCCCCCCCCCCCCCCCC)COP(=O)(O)OC[C@@H](O)COP(=O)(O)OC[C@@H](COC(=O)CCCCCCCCCCCCC(C)C)OC(=O)CCCCCCCCCCCCC(C)C. The lowest BCUT2D eigenvalue weighted by Crippen LogP contribution is -2.30. The predicted octanol–water partition coefficient (Wildman–Crippen LogP) is 25.1. The molecule has 5 atom stereocenters. The van der Waals surface area contributed by atoms with E-state index in [1.165, 1.54) is 257 Å². The van der Waals surface area contributed by atoms with Crippen molar-refractivity contribution in [2.24, 2.45) is 11.8 Å². The Morgan fingerprint density at radius 1 is 0.265 bits per heavy atom. The van der Waals surface area contributed by atoms with Crippen LogP contribution < -0.4 is 0 Å². The van der Waals surface area contributed by atoms with Crippen LogP contribution in [0.1, 0.15) is 440 Å². The number of esters is 4. The molecule has 2 unspecified atom stereocenters. The van der Waals surface area contributed by atoms with E-state index in [2.05, 4.69) is 41.5 Å². The summed E-state index contributed by atoms with van der Waals surface area (Å²) in [6, 6.07) is 0. The summed E-state index contributed by atoms with van der Waals surface area (Å²) in [5.74, 6) is -0.595. The molecule has 606 valence electrons. The fourth-order valence-electron chi connectivity index (χ4n) is 12.9. The average Bonchev–Trinajstić information content (AvgIpc) is 0.911. The van der Waals surface area contributed by atoms with Crippen LogP contribution in [0.25, 0.3) is 0 Å². The summed E-state index contributed by atoms with van der Waals surface area (Å²) < 4.78 is 68.8. The molecule has 0 fully saturated rings. The molecule has 0 amide bonds. The smallest absolute Gasteiger partial charge is 0.462 e. The Kier molecular flexibility index (Phi) is 73.1. The Morgan fingerprint density at radius 2 is 0.451 bits per heavy atom. The van der Waals surface area contributed by atoms with E-state index in [1.807, 2.05) is 0 Å². The number of ether oxygens (including phenoxy) is 4. The van der Waals surface area contributed by atoms with Crippen molar-refractivity contribution in [3.63, 3.8) is 0 Å². The Labute approximate surface area is 626 Å². The number of unbranched alkanes of at least 4 members (excludes halogenated alkanes) is 52. The Bertz CT molecular complexity index is 1960. The topological polar surface area (TPSA) is 237 Å². The summed E-state index contributed by atoms with van der Waals surface area (Å²) in [6.45, 7) is 9.64. The molecule has 17 nitrogen and oxygen atoms in total. The van der Waals surface area contributed by atoms with Crippen molar-refractivity contribution < 1.29 is 80.2 Å². The van der Waals surface area contributed by atoms with Gasteiger partial charge in [0.2, 0.25) is 0 Å². The Morgan fingerprint density at radius 3 is 0.667 bits per heavy atom. The van der Waals surface area contributed by atoms with Crippen LogP contribution in [0, 0.1) is 11.8 Å². The molecule has 0 saturated carbocycles. The number of rotatable bonds is 82. The van der Waals surface area contributed by atoms with Gasteiger partial charge in [0.15, 0.2) is 12.2 Å². The van der Waals surface area contributed by atoms with Crippen LogP contribution in [-0.2, 0) is 65.4 Å². The van der Waals surface area contributed by atoms with Gasteiger partial charge in [-0.1, -0.05) is 388 Å². The fraction of sp³-hybridized carbons (Fsp3) is 0.952. The molecule has 3 N–H and O–H groups in total. The van der Waals surface area contributed by atoms with Crippen LogP contribution in [0.3, 0.4) is 0 Å². The van der Waals surface area contributed by atoms with Gasteiger partial charge < -0.3 is 33.8 Å². The first-order chi connectivity index (χ1) is 49.4. The van der Waals surface area contributed by atoms with E-state index in [1.54, 1.807) is 0 Å². The summed E-state index contributed by atoms with van der Waals surface area (Å²) >= 11 is 0. The standard InChI is InChI=1S/C83H162O17P2/c1-7-9-11-13-15-17-19-21-23-25-26-27-28-30-32-34-43-49-55-61-67-82(87)99-78(71-93-80(85)65-59-53-47-41-33-31-29-24-22-20-18-16-14-12-10-8-2)73-97-101(89,90)95-69-77(84)70-96-102(91,92)98-74-79(100-83(88)68-62-56-50-44-38-36-40-46-52-58-64-76(5)6)72-94-81(86)66-60-54-48-42-37-35-39-45-51-57-63-75(3)4/h75-79,84H,7-74H2,1-6H3,(H,89,90)(H,91,92)/t77-,78-,79-/m1/s1. The Hall–Kier alpha value is -1.94. The zero-order chi connectivity index (χ0) is 74.9. The summed E-state index contributed by atoms with van der Waals surface area (Å²) in [5, 5.41) is 10.7. The number of aliphatic hydroxyl groups excluding tert-OH is 1. The number of hydrogen-bond donors (Lipinski definition) is 3. The van der Waals surface area contributed by atoms with Crippen molar-refractivity contribution in [2.75, 3.05) is 39.6 Å². The summed E-state index contributed by atoms with van der Waals surface area (Å²) in [4.78, 5) is 73.1. The second kappa shape index (κ2) is 74.5. The molecule has 0 spiro atoms. The molecule has 0 aromatic carbocycles. The van der Waals surface area contributed by atoms with E-state index in [0.29, 0.717) is 25.7 Å². The van der Waals surface area contributed by atoms with Crippen LogP contribution >= 0.6 is 15.6 Å². The third kappa shape index (κ3) is 76.3. The minimum atomic E-state index is -4.96. The van der Waals surface area contributed by atoms with E-state index >= 15 is 0 Å². The summed E-state index contributed by atoms with van der Waals surface area (Å²) in [7, 11) is -9.92. The number of hydrogen-bond acceptors (Lipinski definition) is 15. The normalized spacial score (nSPS) is 13.9. The highest BCUT2D eigenvalue weighted by atomic mass is 31.2. The number of carbonyl (C=O) groups excluding carboxylic acids is 4. The van der Waals surface area contributed by atoms with Crippen LogP contribution in [0.4, 0.5) is 0 Å². The van der Waals surface area contributed by atoms with Gasteiger partial charge in [0, 0.05) is 25.7 Å². The van der Waals surface area contributed by atoms with Crippen LogP contribution in [0.5, 0.6) is 0 Å². The molecule has 0 rings (SSSR count). The molecule has 0 aliphatic rings. The lowest BCUT2D eigenvalue weighted by molar-refractivity contribution is -0.161. The van der Waals surface area contributed by atoms with Gasteiger partial charge in [-0.15, -0.1) is 0 Å². The molecule has 0 aromatic rings. The number of phosphoric acid groups is 2. The van der Waals surface area contributed by atoms with Crippen molar-refractivity contribution in [3.05, 3.63) is 0 Å². The van der Waals surface area contributed by atoms with E-state index in [0.717, 1.165) is 102 Å². The van der Waals surface area contributed by atoms with Crippen LogP contribution in [-0.4, -0.2) is 96.7 Å². The third-order valence-corrected chi connectivity index (χ3v) is 21.4. The molecule has 0 bridgehead atoms. The fourth-order valence-corrected chi connectivity index (χ4v) is 14.5. The highest BCUT2D eigenvalue weighted by molar-refractivity contribution is 7.47. The van der Waals surface area contributed by atoms with Gasteiger partial charge in [-0.2, -0.15) is 0 Å². The first-order valence-electron chi connectivity index (χ1n) is 43.0. The minimum Gasteiger partial charge on any atom is -0.462 e. The molecule has 102 heavy (non-hydrogen) atoms.